The van der Waals surface area contributed by atoms with Crippen LogP contribution in [0.2, 0.25) is 0 Å². The van der Waals surface area contributed by atoms with Crippen molar-refractivity contribution in [2.24, 2.45) is 0 Å². The van der Waals surface area contributed by atoms with E-state index in [1.165, 1.54) is 25.1 Å². The van der Waals surface area contributed by atoms with Gasteiger partial charge in [-0.05, 0) is 36.2 Å². The number of hydrogen-bond acceptors (Lipinski definition) is 3. The van der Waals surface area contributed by atoms with Crippen LogP contribution in [-0.4, -0.2) is 31.5 Å². The summed E-state index contributed by atoms with van der Waals surface area (Å²) in [7, 11) is -3.84. The number of anilines is 1. The molecule has 3 rings (SSSR count). The SMILES string of the molecule is CC(C(=O)N(Cc1ccccc1)Cc1ccccc1)N(c1cccc(F)c1)S(C)(=O)=O. The minimum atomic E-state index is -3.84. The minimum Gasteiger partial charge on any atom is -0.332 e. The fourth-order valence-electron chi connectivity index (χ4n) is 3.50. The number of carbonyl (C=O) groups excluding carboxylic acids is 1. The Labute approximate surface area is 182 Å². The molecule has 0 fully saturated rings. The van der Waals surface area contributed by atoms with Gasteiger partial charge in [0, 0.05) is 13.1 Å². The summed E-state index contributed by atoms with van der Waals surface area (Å²) in [6.45, 7) is 2.16. The zero-order chi connectivity index (χ0) is 22.4. The maximum Gasteiger partial charge on any atom is 0.246 e. The fraction of sp³-hybridized carbons (Fsp3) is 0.208. The summed E-state index contributed by atoms with van der Waals surface area (Å²) in [5.41, 5.74) is 1.97. The summed E-state index contributed by atoms with van der Waals surface area (Å²) in [5.74, 6) is -0.946. The molecule has 0 radical (unpaired) electrons. The Hall–Kier alpha value is -3.19. The Morgan fingerprint density at radius 2 is 1.39 bits per heavy atom. The van der Waals surface area contributed by atoms with Gasteiger partial charge in [-0.2, -0.15) is 0 Å². The van der Waals surface area contributed by atoms with E-state index in [2.05, 4.69) is 0 Å². The van der Waals surface area contributed by atoms with Crippen LogP contribution in [-0.2, 0) is 27.9 Å². The van der Waals surface area contributed by atoms with Gasteiger partial charge < -0.3 is 4.90 Å². The molecule has 0 N–H and O–H groups in total. The smallest absolute Gasteiger partial charge is 0.246 e. The van der Waals surface area contributed by atoms with E-state index in [1.807, 2.05) is 60.7 Å². The Morgan fingerprint density at radius 3 is 1.84 bits per heavy atom. The van der Waals surface area contributed by atoms with Crippen molar-refractivity contribution in [1.29, 1.82) is 0 Å². The van der Waals surface area contributed by atoms with E-state index < -0.39 is 21.9 Å². The summed E-state index contributed by atoms with van der Waals surface area (Å²) in [6, 6.07) is 23.2. The van der Waals surface area contributed by atoms with Gasteiger partial charge in [-0.25, -0.2) is 12.8 Å². The molecule has 5 nitrogen and oxygen atoms in total. The highest BCUT2D eigenvalue weighted by Gasteiger charge is 2.32. The minimum absolute atomic E-state index is 0.114. The lowest BCUT2D eigenvalue weighted by Crippen LogP contribution is -2.49. The molecule has 0 spiro atoms. The molecule has 1 atom stereocenters. The van der Waals surface area contributed by atoms with Crippen LogP contribution in [0, 0.1) is 5.82 Å². The van der Waals surface area contributed by atoms with Gasteiger partial charge in [-0.15, -0.1) is 0 Å². The second-order valence-electron chi connectivity index (χ2n) is 7.38. The number of benzene rings is 3. The Kier molecular flexibility index (Phi) is 7.07. The number of hydrogen-bond donors (Lipinski definition) is 0. The van der Waals surface area contributed by atoms with Crippen LogP contribution in [0.5, 0.6) is 0 Å². The second-order valence-corrected chi connectivity index (χ2v) is 9.24. The van der Waals surface area contributed by atoms with Crippen molar-refractivity contribution in [2.45, 2.75) is 26.1 Å². The highest BCUT2D eigenvalue weighted by atomic mass is 32.2. The molecule has 1 unspecified atom stereocenters. The van der Waals surface area contributed by atoms with E-state index in [9.17, 15) is 17.6 Å². The quantitative estimate of drug-likeness (QED) is 0.527. The molecule has 0 aliphatic carbocycles. The summed E-state index contributed by atoms with van der Waals surface area (Å²) in [4.78, 5) is 15.1. The summed E-state index contributed by atoms with van der Waals surface area (Å²) in [6.07, 6.45) is 1.01. The first kappa shape index (κ1) is 22.5. The number of carbonyl (C=O) groups is 1. The lowest BCUT2D eigenvalue weighted by atomic mass is 10.1. The Balaban J connectivity index is 1.95. The van der Waals surface area contributed by atoms with Crippen molar-refractivity contribution >= 4 is 21.6 Å². The third-order valence-corrected chi connectivity index (χ3v) is 6.11. The van der Waals surface area contributed by atoms with Gasteiger partial charge in [-0.3, -0.25) is 9.10 Å². The molecular weight excluding hydrogens is 415 g/mol. The molecule has 31 heavy (non-hydrogen) atoms. The van der Waals surface area contributed by atoms with Crippen LogP contribution in [0.4, 0.5) is 10.1 Å². The van der Waals surface area contributed by atoms with Crippen molar-refractivity contribution in [2.75, 3.05) is 10.6 Å². The zero-order valence-electron chi connectivity index (χ0n) is 17.5. The predicted octanol–water partition coefficient (Wildman–Crippen LogP) is 4.21. The molecule has 1 amide bonds. The van der Waals surface area contributed by atoms with E-state index >= 15 is 0 Å². The average molecular weight is 441 g/mol. The van der Waals surface area contributed by atoms with Gasteiger partial charge >= 0.3 is 0 Å². The molecule has 0 aliphatic rings. The Bertz CT molecular complexity index is 1080. The molecule has 0 aromatic heterocycles. The standard InChI is InChI=1S/C24H25FN2O3S/c1-19(27(31(2,29)30)23-15-9-14-22(25)16-23)24(28)26(17-20-10-5-3-6-11-20)18-21-12-7-4-8-13-21/h3-16,19H,17-18H2,1-2H3. The number of nitrogens with zero attached hydrogens (tertiary/aromatic N) is 2. The monoisotopic (exact) mass is 440 g/mol. The third kappa shape index (κ3) is 5.92. The lowest BCUT2D eigenvalue weighted by molar-refractivity contribution is -0.133. The Morgan fingerprint density at radius 1 is 0.871 bits per heavy atom. The molecule has 3 aromatic rings. The predicted molar refractivity (Wildman–Crippen MR) is 120 cm³/mol. The number of sulfonamides is 1. The normalized spacial score (nSPS) is 12.2. The molecule has 0 heterocycles. The summed E-state index contributed by atoms with van der Waals surface area (Å²) in [5, 5.41) is 0. The van der Waals surface area contributed by atoms with Crippen molar-refractivity contribution in [1.82, 2.24) is 4.90 Å². The molecule has 0 bridgehead atoms. The average Bonchev–Trinajstić information content (AvgIpc) is 2.73. The number of amides is 1. The van der Waals surface area contributed by atoms with Gasteiger partial charge in [0.1, 0.15) is 11.9 Å². The summed E-state index contributed by atoms with van der Waals surface area (Å²) < 4.78 is 39.9. The van der Waals surface area contributed by atoms with Gasteiger partial charge in [0.2, 0.25) is 15.9 Å². The topological polar surface area (TPSA) is 57.7 Å². The van der Waals surface area contributed by atoms with Crippen molar-refractivity contribution in [3.8, 4) is 0 Å². The lowest BCUT2D eigenvalue weighted by Gasteiger charge is -2.33. The molecule has 3 aromatic carbocycles. The molecule has 162 valence electrons. The van der Waals surface area contributed by atoms with E-state index in [-0.39, 0.29) is 11.6 Å². The molecule has 0 saturated carbocycles. The summed E-state index contributed by atoms with van der Waals surface area (Å²) >= 11 is 0. The van der Waals surface area contributed by atoms with E-state index in [0.717, 1.165) is 27.8 Å². The van der Waals surface area contributed by atoms with Crippen LogP contribution < -0.4 is 4.31 Å². The highest BCUT2D eigenvalue weighted by Crippen LogP contribution is 2.23. The largest absolute Gasteiger partial charge is 0.332 e. The van der Waals surface area contributed by atoms with Crippen LogP contribution in [0.25, 0.3) is 0 Å². The fourth-order valence-corrected chi connectivity index (χ4v) is 4.66. The van der Waals surface area contributed by atoms with Crippen LogP contribution in [0.15, 0.2) is 84.9 Å². The van der Waals surface area contributed by atoms with E-state index in [4.69, 9.17) is 0 Å². The van der Waals surface area contributed by atoms with Crippen molar-refractivity contribution < 1.29 is 17.6 Å². The first-order valence-corrected chi connectivity index (χ1v) is 11.7. The molecule has 0 saturated heterocycles. The zero-order valence-corrected chi connectivity index (χ0v) is 18.3. The molecule has 7 heteroatoms. The van der Waals surface area contributed by atoms with Crippen LogP contribution in [0.1, 0.15) is 18.1 Å². The van der Waals surface area contributed by atoms with Gasteiger partial charge in [0.15, 0.2) is 0 Å². The van der Waals surface area contributed by atoms with Gasteiger partial charge in [0.25, 0.3) is 0 Å². The third-order valence-electron chi connectivity index (χ3n) is 4.87. The van der Waals surface area contributed by atoms with Crippen LogP contribution in [0.3, 0.4) is 0 Å². The number of halogens is 1. The number of rotatable bonds is 8. The first-order chi connectivity index (χ1) is 14.8. The highest BCUT2D eigenvalue weighted by molar-refractivity contribution is 7.92. The van der Waals surface area contributed by atoms with Crippen molar-refractivity contribution in [3.05, 3.63) is 102 Å². The second kappa shape index (κ2) is 9.75. The van der Waals surface area contributed by atoms with Crippen LogP contribution >= 0.6 is 0 Å². The van der Waals surface area contributed by atoms with E-state index in [0.29, 0.717) is 13.1 Å². The maximum atomic E-state index is 13.8. The van der Waals surface area contributed by atoms with E-state index in [1.54, 1.807) is 4.90 Å². The first-order valence-electron chi connectivity index (χ1n) is 9.87. The molecule has 0 aliphatic heterocycles. The van der Waals surface area contributed by atoms with Gasteiger partial charge in [-0.1, -0.05) is 66.7 Å². The maximum absolute atomic E-state index is 13.8. The molecular formula is C24H25FN2O3S. The van der Waals surface area contributed by atoms with Gasteiger partial charge in [0.05, 0.1) is 11.9 Å². The van der Waals surface area contributed by atoms with Crippen molar-refractivity contribution in [3.63, 3.8) is 0 Å².